The minimum atomic E-state index is 0.119. The van der Waals surface area contributed by atoms with Crippen LogP contribution in [0.1, 0.15) is 27.2 Å². The van der Waals surface area contributed by atoms with E-state index in [0.29, 0.717) is 0 Å². The summed E-state index contributed by atoms with van der Waals surface area (Å²) in [6.07, 6.45) is 4.66. The van der Waals surface area contributed by atoms with Crippen molar-refractivity contribution in [3.8, 4) is 0 Å². The fraction of sp³-hybridized carbons (Fsp3) is 0.625. The van der Waals surface area contributed by atoms with Crippen LogP contribution < -0.4 is 5.73 Å². The Morgan fingerprint density at radius 1 is 1.70 bits per heavy atom. The molecule has 1 unspecified atom stereocenters. The van der Waals surface area contributed by atoms with Crippen molar-refractivity contribution in [1.82, 2.24) is 0 Å². The first-order valence-electron chi connectivity index (χ1n) is 3.62. The summed E-state index contributed by atoms with van der Waals surface area (Å²) in [4.78, 5) is 4.04. The molecule has 0 amide bonds. The highest BCUT2D eigenvalue weighted by atomic mass is 14.7. The van der Waals surface area contributed by atoms with Crippen LogP contribution in [0.15, 0.2) is 16.8 Å². The van der Waals surface area contributed by atoms with Crippen LogP contribution in [-0.4, -0.2) is 12.3 Å². The Hall–Kier alpha value is -0.630. The number of hydrogen-bond donors (Lipinski definition) is 1. The number of hydrogen-bond acceptors (Lipinski definition) is 2. The molecule has 0 aromatic rings. The SMILES string of the molecule is CC/C=N\C=C(\C)C(C)N. The first-order valence-corrected chi connectivity index (χ1v) is 3.62. The molecule has 0 aromatic heterocycles. The van der Waals surface area contributed by atoms with E-state index in [0.717, 1.165) is 12.0 Å². The molecule has 0 fully saturated rings. The maximum Gasteiger partial charge on any atom is 0.0268 e. The van der Waals surface area contributed by atoms with Gasteiger partial charge < -0.3 is 5.73 Å². The first kappa shape index (κ1) is 9.37. The largest absolute Gasteiger partial charge is 0.324 e. The maximum atomic E-state index is 5.58. The minimum absolute atomic E-state index is 0.119. The lowest BCUT2D eigenvalue weighted by Crippen LogP contribution is -2.15. The molecule has 0 saturated carbocycles. The molecule has 10 heavy (non-hydrogen) atoms. The number of nitrogens with two attached hydrogens (primary N) is 1. The number of rotatable bonds is 3. The zero-order valence-electron chi connectivity index (χ0n) is 6.96. The second-order valence-electron chi connectivity index (χ2n) is 2.40. The monoisotopic (exact) mass is 140 g/mol. The number of nitrogens with zero attached hydrogens (tertiary/aromatic N) is 1. The zero-order valence-corrected chi connectivity index (χ0v) is 6.96. The van der Waals surface area contributed by atoms with Crippen molar-refractivity contribution in [1.29, 1.82) is 0 Å². The van der Waals surface area contributed by atoms with Crippen LogP contribution in [-0.2, 0) is 0 Å². The van der Waals surface area contributed by atoms with Crippen LogP contribution in [0.25, 0.3) is 0 Å². The Bertz CT molecular complexity index is 134. The Labute approximate surface area is 62.8 Å². The molecule has 2 nitrogen and oxygen atoms in total. The standard InChI is InChI=1S/C8H16N2/c1-4-5-10-6-7(2)8(3)9/h5-6,8H,4,9H2,1-3H3/b7-6-,10-5-. The van der Waals surface area contributed by atoms with Gasteiger partial charge in [0.05, 0.1) is 0 Å². The van der Waals surface area contributed by atoms with Gasteiger partial charge in [0.1, 0.15) is 0 Å². The van der Waals surface area contributed by atoms with Crippen molar-refractivity contribution >= 4 is 6.21 Å². The molecule has 0 aliphatic carbocycles. The predicted molar refractivity (Wildman–Crippen MR) is 46.2 cm³/mol. The third-order valence-corrected chi connectivity index (χ3v) is 1.28. The van der Waals surface area contributed by atoms with Crippen molar-refractivity contribution in [3.05, 3.63) is 11.8 Å². The summed E-state index contributed by atoms with van der Waals surface area (Å²) < 4.78 is 0. The Kier molecular flexibility index (Phi) is 4.85. The zero-order chi connectivity index (χ0) is 7.98. The van der Waals surface area contributed by atoms with E-state index in [2.05, 4.69) is 11.9 Å². The molecule has 0 heterocycles. The van der Waals surface area contributed by atoms with E-state index in [1.807, 2.05) is 26.3 Å². The van der Waals surface area contributed by atoms with Gasteiger partial charge in [-0.3, -0.25) is 4.99 Å². The summed E-state index contributed by atoms with van der Waals surface area (Å²) in [6, 6.07) is 0.119. The second-order valence-corrected chi connectivity index (χ2v) is 2.40. The molecular formula is C8H16N2. The Morgan fingerprint density at radius 2 is 2.30 bits per heavy atom. The fourth-order valence-corrected chi connectivity index (χ4v) is 0.393. The molecule has 0 bridgehead atoms. The molecule has 0 spiro atoms. The lowest BCUT2D eigenvalue weighted by Gasteiger charge is -2.01. The lowest BCUT2D eigenvalue weighted by atomic mass is 10.2. The van der Waals surface area contributed by atoms with Gasteiger partial charge in [-0.25, -0.2) is 0 Å². The molecular weight excluding hydrogens is 124 g/mol. The second kappa shape index (κ2) is 5.18. The highest BCUT2D eigenvalue weighted by molar-refractivity contribution is 5.57. The van der Waals surface area contributed by atoms with E-state index >= 15 is 0 Å². The smallest absolute Gasteiger partial charge is 0.0268 e. The van der Waals surface area contributed by atoms with Crippen molar-refractivity contribution in [3.63, 3.8) is 0 Å². The van der Waals surface area contributed by atoms with E-state index in [1.165, 1.54) is 0 Å². The van der Waals surface area contributed by atoms with Gasteiger partial charge in [-0.2, -0.15) is 0 Å². The molecule has 2 N–H and O–H groups in total. The van der Waals surface area contributed by atoms with Crippen LogP contribution >= 0.6 is 0 Å². The van der Waals surface area contributed by atoms with Gasteiger partial charge in [0.2, 0.25) is 0 Å². The van der Waals surface area contributed by atoms with Crippen LogP contribution in [0.2, 0.25) is 0 Å². The first-order chi connectivity index (χ1) is 4.68. The van der Waals surface area contributed by atoms with Crippen LogP contribution in [0.5, 0.6) is 0 Å². The summed E-state index contributed by atoms with van der Waals surface area (Å²) in [5.41, 5.74) is 6.69. The van der Waals surface area contributed by atoms with Gasteiger partial charge in [0.15, 0.2) is 0 Å². The van der Waals surface area contributed by atoms with Crippen molar-refractivity contribution < 1.29 is 0 Å². The van der Waals surface area contributed by atoms with Gasteiger partial charge in [-0.05, 0) is 25.8 Å². The summed E-state index contributed by atoms with van der Waals surface area (Å²) >= 11 is 0. The average Bonchev–Trinajstić information content (AvgIpc) is 1.88. The van der Waals surface area contributed by atoms with Crippen LogP contribution in [0, 0.1) is 0 Å². The maximum absolute atomic E-state index is 5.58. The Balaban J connectivity index is 3.79. The third kappa shape index (κ3) is 4.27. The van der Waals surface area contributed by atoms with E-state index in [4.69, 9.17) is 5.73 Å². The normalized spacial score (nSPS) is 16.2. The van der Waals surface area contributed by atoms with Gasteiger partial charge in [0, 0.05) is 18.5 Å². The summed E-state index contributed by atoms with van der Waals surface area (Å²) in [7, 11) is 0. The number of aliphatic imine (C=N–C) groups is 1. The van der Waals surface area contributed by atoms with Crippen molar-refractivity contribution in [2.45, 2.75) is 33.2 Å². The van der Waals surface area contributed by atoms with E-state index in [-0.39, 0.29) is 6.04 Å². The summed E-state index contributed by atoms with van der Waals surface area (Å²) in [6.45, 7) is 5.99. The predicted octanol–water partition coefficient (Wildman–Crippen LogP) is 1.72. The highest BCUT2D eigenvalue weighted by Gasteiger charge is 1.92. The van der Waals surface area contributed by atoms with Crippen molar-refractivity contribution in [2.24, 2.45) is 10.7 Å². The van der Waals surface area contributed by atoms with E-state index in [1.54, 1.807) is 0 Å². The summed E-state index contributed by atoms with van der Waals surface area (Å²) in [5, 5.41) is 0. The van der Waals surface area contributed by atoms with E-state index < -0.39 is 0 Å². The Morgan fingerprint density at radius 3 is 2.70 bits per heavy atom. The molecule has 0 radical (unpaired) electrons. The minimum Gasteiger partial charge on any atom is -0.324 e. The van der Waals surface area contributed by atoms with Gasteiger partial charge in [-0.15, -0.1) is 0 Å². The molecule has 2 heteroatoms. The molecule has 0 aliphatic rings. The van der Waals surface area contributed by atoms with Gasteiger partial charge in [0.25, 0.3) is 0 Å². The van der Waals surface area contributed by atoms with Gasteiger partial charge in [-0.1, -0.05) is 6.92 Å². The van der Waals surface area contributed by atoms with Crippen molar-refractivity contribution in [2.75, 3.05) is 0 Å². The quantitative estimate of drug-likeness (QED) is 0.595. The molecule has 0 saturated heterocycles. The highest BCUT2D eigenvalue weighted by Crippen LogP contribution is 1.96. The molecule has 0 rings (SSSR count). The van der Waals surface area contributed by atoms with Gasteiger partial charge >= 0.3 is 0 Å². The molecule has 58 valence electrons. The van der Waals surface area contributed by atoms with Crippen LogP contribution in [0.4, 0.5) is 0 Å². The molecule has 0 aromatic carbocycles. The lowest BCUT2D eigenvalue weighted by molar-refractivity contribution is 0.857. The molecule has 1 atom stereocenters. The summed E-state index contributed by atoms with van der Waals surface area (Å²) in [5.74, 6) is 0. The van der Waals surface area contributed by atoms with E-state index in [9.17, 15) is 0 Å². The fourth-order valence-electron chi connectivity index (χ4n) is 0.393. The molecule has 0 aliphatic heterocycles. The topological polar surface area (TPSA) is 38.4 Å². The third-order valence-electron chi connectivity index (χ3n) is 1.28. The van der Waals surface area contributed by atoms with Crippen LogP contribution in [0.3, 0.4) is 0 Å². The average molecular weight is 140 g/mol.